The largest absolute Gasteiger partial charge is 0.383 e. The molecule has 3 rings (SSSR count). The van der Waals surface area contributed by atoms with Crippen LogP contribution in [0.4, 0.5) is 5.69 Å². The molecule has 4 nitrogen and oxygen atoms in total. The van der Waals surface area contributed by atoms with Gasteiger partial charge in [0.05, 0.1) is 6.04 Å². The quantitative estimate of drug-likeness (QED) is 0.805. The monoisotopic (exact) mass is 282 g/mol. The zero-order valence-electron chi connectivity index (χ0n) is 11.6. The number of hydrogen-bond acceptors (Lipinski definition) is 3. The van der Waals surface area contributed by atoms with Crippen LogP contribution in [0.25, 0.3) is 0 Å². The predicted octanol–water partition coefficient (Wildman–Crippen LogP) is 1.87. The third-order valence-electron chi connectivity index (χ3n) is 3.73. The van der Waals surface area contributed by atoms with Crippen LogP contribution in [0.2, 0.25) is 0 Å². The van der Waals surface area contributed by atoms with Crippen molar-refractivity contribution < 1.29 is 9.90 Å². The number of fused-ring (bicyclic) bond motifs is 1. The lowest BCUT2D eigenvalue weighted by Crippen LogP contribution is -2.45. The molecule has 108 valence electrons. The van der Waals surface area contributed by atoms with Crippen LogP contribution in [0.5, 0.6) is 0 Å². The maximum Gasteiger partial charge on any atom is 0.253 e. The minimum Gasteiger partial charge on any atom is -0.383 e. The van der Waals surface area contributed by atoms with Crippen molar-refractivity contribution in [2.45, 2.75) is 18.6 Å². The standard InChI is InChI=1S/C17H18N2O2/c20-16(12-6-2-1-3-7-12)17(21)19-14-10-13-8-4-5-9-15(13)18-11-14/h1-9,14,16,18,20H,10-11H2,(H,19,21)/t14-,16-/m0/s1. The molecule has 1 heterocycles. The van der Waals surface area contributed by atoms with Gasteiger partial charge in [0.1, 0.15) is 0 Å². The average Bonchev–Trinajstić information content (AvgIpc) is 2.55. The van der Waals surface area contributed by atoms with Gasteiger partial charge in [-0.25, -0.2) is 0 Å². The highest BCUT2D eigenvalue weighted by molar-refractivity contribution is 5.82. The molecule has 1 amide bonds. The molecule has 0 spiro atoms. The van der Waals surface area contributed by atoms with E-state index in [4.69, 9.17) is 0 Å². The van der Waals surface area contributed by atoms with E-state index in [1.165, 1.54) is 5.56 Å². The number of aliphatic hydroxyl groups is 1. The normalized spacial score (nSPS) is 18.2. The number of nitrogens with one attached hydrogen (secondary N) is 2. The van der Waals surface area contributed by atoms with Gasteiger partial charge in [-0.05, 0) is 23.6 Å². The number of aliphatic hydroxyl groups excluding tert-OH is 1. The van der Waals surface area contributed by atoms with Gasteiger partial charge in [0.25, 0.3) is 5.91 Å². The van der Waals surface area contributed by atoms with Crippen LogP contribution >= 0.6 is 0 Å². The van der Waals surface area contributed by atoms with E-state index in [1.807, 2.05) is 42.5 Å². The molecule has 2 atom stereocenters. The van der Waals surface area contributed by atoms with E-state index in [0.717, 1.165) is 12.1 Å². The maximum atomic E-state index is 12.1. The van der Waals surface area contributed by atoms with Crippen molar-refractivity contribution in [3.63, 3.8) is 0 Å². The molecule has 0 saturated heterocycles. The Morgan fingerprint density at radius 3 is 2.67 bits per heavy atom. The van der Waals surface area contributed by atoms with Gasteiger partial charge in [0.2, 0.25) is 0 Å². The molecule has 0 bridgehead atoms. The summed E-state index contributed by atoms with van der Waals surface area (Å²) in [7, 11) is 0. The number of hydrogen-bond donors (Lipinski definition) is 3. The second-order valence-electron chi connectivity index (χ2n) is 5.26. The SMILES string of the molecule is O=C(N[C@@H]1CNc2ccccc2C1)[C@@H](O)c1ccccc1. The molecule has 0 aromatic heterocycles. The highest BCUT2D eigenvalue weighted by atomic mass is 16.3. The van der Waals surface area contributed by atoms with Crippen molar-refractivity contribution in [1.29, 1.82) is 0 Å². The third kappa shape index (κ3) is 3.06. The van der Waals surface area contributed by atoms with Crippen molar-refractivity contribution >= 4 is 11.6 Å². The van der Waals surface area contributed by atoms with E-state index in [-0.39, 0.29) is 11.9 Å². The fraction of sp³-hybridized carbons (Fsp3) is 0.235. The smallest absolute Gasteiger partial charge is 0.253 e. The molecular weight excluding hydrogens is 264 g/mol. The summed E-state index contributed by atoms with van der Waals surface area (Å²) in [4.78, 5) is 12.1. The molecule has 3 N–H and O–H groups in total. The lowest BCUT2D eigenvalue weighted by Gasteiger charge is -2.27. The van der Waals surface area contributed by atoms with Crippen molar-refractivity contribution in [3.8, 4) is 0 Å². The summed E-state index contributed by atoms with van der Waals surface area (Å²) in [5.74, 6) is -0.354. The number of benzene rings is 2. The molecule has 0 saturated carbocycles. The first-order valence-corrected chi connectivity index (χ1v) is 7.09. The summed E-state index contributed by atoms with van der Waals surface area (Å²) < 4.78 is 0. The molecule has 0 radical (unpaired) electrons. The number of para-hydroxylation sites is 1. The summed E-state index contributed by atoms with van der Waals surface area (Å²) in [6.07, 6.45) is -0.348. The van der Waals surface area contributed by atoms with Gasteiger partial charge in [-0.2, -0.15) is 0 Å². The molecule has 0 aliphatic carbocycles. The van der Waals surface area contributed by atoms with E-state index in [9.17, 15) is 9.90 Å². The molecular formula is C17H18N2O2. The van der Waals surface area contributed by atoms with E-state index in [1.54, 1.807) is 12.1 Å². The Labute approximate surface area is 123 Å². The Balaban J connectivity index is 1.64. The number of amides is 1. The molecule has 2 aromatic carbocycles. The Morgan fingerprint density at radius 2 is 1.86 bits per heavy atom. The summed E-state index contributed by atoms with van der Waals surface area (Å²) in [6, 6.07) is 17.0. The number of anilines is 1. The van der Waals surface area contributed by atoms with Crippen molar-refractivity contribution in [2.75, 3.05) is 11.9 Å². The van der Waals surface area contributed by atoms with E-state index in [2.05, 4.69) is 10.6 Å². The highest BCUT2D eigenvalue weighted by Gasteiger charge is 2.23. The molecule has 1 aliphatic rings. The van der Waals surface area contributed by atoms with Gasteiger partial charge in [-0.1, -0.05) is 48.5 Å². The second-order valence-corrected chi connectivity index (χ2v) is 5.26. The molecule has 0 unspecified atom stereocenters. The van der Waals surface area contributed by atoms with E-state index < -0.39 is 6.10 Å². The van der Waals surface area contributed by atoms with Crippen LogP contribution in [0, 0.1) is 0 Å². The molecule has 4 heteroatoms. The number of carbonyl (C=O) groups excluding carboxylic acids is 1. The van der Waals surface area contributed by atoms with E-state index in [0.29, 0.717) is 12.1 Å². The Morgan fingerprint density at radius 1 is 1.14 bits per heavy atom. The maximum absolute atomic E-state index is 12.1. The Bertz CT molecular complexity index is 628. The zero-order valence-corrected chi connectivity index (χ0v) is 11.6. The molecule has 2 aromatic rings. The third-order valence-corrected chi connectivity index (χ3v) is 3.73. The lowest BCUT2D eigenvalue weighted by atomic mass is 9.99. The van der Waals surface area contributed by atoms with Gasteiger partial charge < -0.3 is 15.7 Å². The first kappa shape index (κ1) is 13.6. The van der Waals surface area contributed by atoms with Gasteiger partial charge in [0.15, 0.2) is 6.10 Å². The summed E-state index contributed by atoms with van der Waals surface area (Å²) in [5, 5.41) is 16.3. The minimum atomic E-state index is -1.12. The predicted molar refractivity (Wildman–Crippen MR) is 82.0 cm³/mol. The van der Waals surface area contributed by atoms with Crippen LogP contribution in [0.15, 0.2) is 54.6 Å². The minimum absolute atomic E-state index is 0.00855. The second kappa shape index (κ2) is 5.97. The number of carbonyl (C=O) groups is 1. The topological polar surface area (TPSA) is 61.4 Å². The van der Waals surface area contributed by atoms with Gasteiger partial charge in [-0.15, -0.1) is 0 Å². The summed E-state index contributed by atoms with van der Waals surface area (Å²) >= 11 is 0. The van der Waals surface area contributed by atoms with Crippen molar-refractivity contribution in [2.24, 2.45) is 0 Å². The Hall–Kier alpha value is -2.33. The number of rotatable bonds is 3. The fourth-order valence-electron chi connectivity index (χ4n) is 2.61. The summed E-state index contributed by atoms with van der Waals surface area (Å²) in [5.41, 5.74) is 2.91. The molecule has 21 heavy (non-hydrogen) atoms. The average molecular weight is 282 g/mol. The fourth-order valence-corrected chi connectivity index (χ4v) is 2.61. The van der Waals surface area contributed by atoms with Crippen LogP contribution in [0.1, 0.15) is 17.2 Å². The first-order chi connectivity index (χ1) is 10.2. The lowest BCUT2D eigenvalue weighted by molar-refractivity contribution is -0.130. The van der Waals surface area contributed by atoms with Crippen LogP contribution < -0.4 is 10.6 Å². The van der Waals surface area contributed by atoms with Gasteiger partial charge in [-0.3, -0.25) is 4.79 Å². The van der Waals surface area contributed by atoms with Crippen LogP contribution in [-0.2, 0) is 11.2 Å². The highest BCUT2D eigenvalue weighted by Crippen LogP contribution is 2.21. The van der Waals surface area contributed by atoms with Crippen LogP contribution in [0.3, 0.4) is 0 Å². The zero-order chi connectivity index (χ0) is 14.7. The first-order valence-electron chi connectivity index (χ1n) is 7.09. The summed E-state index contributed by atoms with van der Waals surface area (Å²) in [6.45, 7) is 0.671. The van der Waals surface area contributed by atoms with Crippen molar-refractivity contribution in [1.82, 2.24) is 5.32 Å². The Kier molecular flexibility index (Phi) is 3.88. The van der Waals surface area contributed by atoms with Crippen LogP contribution in [-0.4, -0.2) is 23.6 Å². The van der Waals surface area contributed by atoms with Gasteiger partial charge in [0, 0.05) is 12.2 Å². The van der Waals surface area contributed by atoms with Crippen molar-refractivity contribution in [3.05, 3.63) is 65.7 Å². The van der Waals surface area contributed by atoms with Gasteiger partial charge >= 0.3 is 0 Å². The molecule has 0 fully saturated rings. The van der Waals surface area contributed by atoms with E-state index >= 15 is 0 Å². The molecule has 1 aliphatic heterocycles.